The molecule has 1 saturated heterocycles. The van der Waals surface area contributed by atoms with Gasteiger partial charge in [0.1, 0.15) is 12.4 Å². The molecule has 3 heterocycles. The first-order chi connectivity index (χ1) is 15.6. The largest absolute Gasteiger partial charge is 0.354 e. The van der Waals surface area contributed by atoms with Gasteiger partial charge in [-0.05, 0) is 43.5 Å². The van der Waals surface area contributed by atoms with Crippen LogP contribution < -0.4 is 5.32 Å². The molecule has 0 spiro atoms. The van der Waals surface area contributed by atoms with Crippen LogP contribution in [0.15, 0.2) is 42.5 Å². The van der Waals surface area contributed by atoms with Crippen molar-refractivity contribution in [3.63, 3.8) is 0 Å². The molecule has 2 N–H and O–H groups in total. The lowest BCUT2D eigenvalue weighted by molar-refractivity contribution is -0.121. The standard InChI is InChI=1S/C24H26N6O2/c1-16-8-9-18-19(14-16)27-21(26-18)10-11-25-22(31)15-30-20-7-3-2-6-17(20)23(28-30)24(32)29-12-4-5-13-29/h2-3,6-9,14H,4-5,10-13,15H2,1H3,(H,25,31)(H,26,27). The van der Waals surface area contributed by atoms with Gasteiger partial charge in [-0.15, -0.1) is 0 Å². The Balaban J connectivity index is 1.25. The van der Waals surface area contributed by atoms with Crippen LogP contribution in [0.1, 0.15) is 34.7 Å². The molecule has 0 bridgehead atoms. The number of carbonyl (C=O) groups excluding carboxylic acids is 2. The lowest BCUT2D eigenvalue weighted by Gasteiger charge is -2.13. The number of rotatable bonds is 6. The lowest BCUT2D eigenvalue weighted by Crippen LogP contribution is -2.30. The van der Waals surface area contributed by atoms with Gasteiger partial charge in [0, 0.05) is 31.4 Å². The van der Waals surface area contributed by atoms with E-state index in [1.165, 1.54) is 5.56 Å². The molecule has 8 heteroatoms. The number of likely N-dealkylation sites (tertiary alicyclic amines) is 1. The van der Waals surface area contributed by atoms with E-state index in [0.29, 0.717) is 18.7 Å². The Bertz CT molecular complexity index is 1300. The van der Waals surface area contributed by atoms with Crippen molar-refractivity contribution in [2.24, 2.45) is 0 Å². The molecule has 1 aliphatic heterocycles. The number of H-pyrrole nitrogens is 1. The normalized spacial score (nSPS) is 13.8. The molecule has 0 aliphatic carbocycles. The zero-order valence-electron chi connectivity index (χ0n) is 18.1. The predicted octanol–water partition coefficient (Wildman–Crippen LogP) is 2.82. The molecular formula is C24H26N6O2. The first kappa shape index (κ1) is 20.2. The van der Waals surface area contributed by atoms with Crippen LogP contribution in [0.4, 0.5) is 0 Å². The first-order valence-electron chi connectivity index (χ1n) is 11.1. The third kappa shape index (κ3) is 3.95. The smallest absolute Gasteiger partial charge is 0.275 e. The number of para-hydroxylation sites is 1. The van der Waals surface area contributed by atoms with E-state index >= 15 is 0 Å². The molecule has 2 aromatic heterocycles. The van der Waals surface area contributed by atoms with Crippen LogP contribution in [0, 0.1) is 6.92 Å². The van der Waals surface area contributed by atoms with Crippen LogP contribution in [0.25, 0.3) is 21.9 Å². The summed E-state index contributed by atoms with van der Waals surface area (Å²) in [6.45, 7) is 4.11. The van der Waals surface area contributed by atoms with Gasteiger partial charge in [0.2, 0.25) is 5.91 Å². The SMILES string of the molecule is Cc1ccc2nc(CCNC(=O)Cn3nc(C(=O)N4CCCC4)c4ccccc43)[nH]c2c1. The summed E-state index contributed by atoms with van der Waals surface area (Å²) in [7, 11) is 0. The topological polar surface area (TPSA) is 95.9 Å². The lowest BCUT2D eigenvalue weighted by atomic mass is 10.2. The number of fused-ring (bicyclic) bond motifs is 2. The maximum atomic E-state index is 12.9. The van der Waals surface area contributed by atoms with Crippen LogP contribution in [0.5, 0.6) is 0 Å². The fourth-order valence-electron chi connectivity index (χ4n) is 4.28. The third-order valence-corrected chi connectivity index (χ3v) is 5.92. The van der Waals surface area contributed by atoms with Gasteiger partial charge in [-0.2, -0.15) is 5.10 Å². The predicted molar refractivity (Wildman–Crippen MR) is 122 cm³/mol. The quantitative estimate of drug-likeness (QED) is 0.492. The van der Waals surface area contributed by atoms with Crippen LogP contribution in [-0.2, 0) is 17.8 Å². The summed E-state index contributed by atoms with van der Waals surface area (Å²) in [5, 5.41) is 8.25. The van der Waals surface area contributed by atoms with Crippen LogP contribution in [0.3, 0.4) is 0 Å². The van der Waals surface area contributed by atoms with Gasteiger partial charge in [-0.25, -0.2) is 4.98 Å². The number of hydrogen-bond acceptors (Lipinski definition) is 4. The van der Waals surface area contributed by atoms with Crippen molar-refractivity contribution in [3.8, 4) is 0 Å². The Kier molecular flexibility index (Phi) is 5.34. The maximum absolute atomic E-state index is 12.9. The van der Waals surface area contributed by atoms with Crippen molar-refractivity contribution in [1.29, 1.82) is 0 Å². The van der Waals surface area contributed by atoms with Gasteiger partial charge in [0.15, 0.2) is 5.69 Å². The summed E-state index contributed by atoms with van der Waals surface area (Å²) in [4.78, 5) is 35.2. The Hall–Kier alpha value is -3.68. The van der Waals surface area contributed by atoms with Crippen molar-refractivity contribution in [2.75, 3.05) is 19.6 Å². The van der Waals surface area contributed by atoms with E-state index in [2.05, 4.69) is 26.4 Å². The van der Waals surface area contributed by atoms with Crippen molar-refractivity contribution < 1.29 is 9.59 Å². The summed E-state index contributed by atoms with van der Waals surface area (Å²) in [6.07, 6.45) is 2.66. The maximum Gasteiger partial charge on any atom is 0.275 e. The Labute approximate surface area is 185 Å². The number of imidazole rings is 1. The van der Waals surface area contributed by atoms with Gasteiger partial charge < -0.3 is 15.2 Å². The Morgan fingerprint density at radius 3 is 2.78 bits per heavy atom. The zero-order valence-corrected chi connectivity index (χ0v) is 18.1. The monoisotopic (exact) mass is 430 g/mol. The number of aryl methyl sites for hydroxylation is 1. The number of hydrogen-bond donors (Lipinski definition) is 2. The second-order valence-corrected chi connectivity index (χ2v) is 8.33. The van der Waals surface area contributed by atoms with Gasteiger partial charge in [0.25, 0.3) is 5.91 Å². The zero-order chi connectivity index (χ0) is 22.1. The molecule has 32 heavy (non-hydrogen) atoms. The van der Waals surface area contributed by atoms with Crippen molar-refractivity contribution in [2.45, 2.75) is 32.7 Å². The van der Waals surface area contributed by atoms with Crippen LogP contribution in [0.2, 0.25) is 0 Å². The molecule has 0 unspecified atom stereocenters. The minimum absolute atomic E-state index is 0.0574. The molecule has 5 rings (SSSR count). The highest BCUT2D eigenvalue weighted by molar-refractivity contribution is 6.05. The Morgan fingerprint density at radius 1 is 1.12 bits per heavy atom. The third-order valence-electron chi connectivity index (χ3n) is 5.92. The number of aromatic nitrogens is 4. The molecule has 8 nitrogen and oxygen atoms in total. The fourth-order valence-corrected chi connectivity index (χ4v) is 4.28. The van der Waals surface area contributed by atoms with E-state index in [1.54, 1.807) is 4.68 Å². The summed E-state index contributed by atoms with van der Waals surface area (Å²) in [5.41, 5.74) is 4.32. The van der Waals surface area contributed by atoms with Crippen LogP contribution in [-0.4, -0.2) is 56.1 Å². The van der Waals surface area contributed by atoms with Crippen molar-refractivity contribution in [1.82, 2.24) is 30.0 Å². The molecule has 0 radical (unpaired) electrons. The van der Waals surface area contributed by atoms with E-state index in [1.807, 2.05) is 48.2 Å². The molecule has 2 amide bonds. The van der Waals surface area contributed by atoms with E-state index in [9.17, 15) is 9.59 Å². The number of carbonyl (C=O) groups is 2. The number of benzene rings is 2. The number of amides is 2. The molecule has 0 saturated carbocycles. The highest BCUT2D eigenvalue weighted by atomic mass is 16.2. The minimum atomic E-state index is -0.148. The van der Waals surface area contributed by atoms with Gasteiger partial charge >= 0.3 is 0 Å². The minimum Gasteiger partial charge on any atom is -0.354 e. The van der Waals surface area contributed by atoms with Crippen LogP contribution >= 0.6 is 0 Å². The van der Waals surface area contributed by atoms with Crippen molar-refractivity contribution in [3.05, 3.63) is 59.5 Å². The molecule has 4 aromatic rings. The second kappa shape index (κ2) is 8.45. The average molecular weight is 431 g/mol. The van der Waals surface area contributed by atoms with Gasteiger partial charge in [-0.1, -0.05) is 24.3 Å². The second-order valence-electron chi connectivity index (χ2n) is 8.33. The average Bonchev–Trinajstić information content (AvgIpc) is 3.52. The molecule has 1 fully saturated rings. The van der Waals surface area contributed by atoms with Crippen molar-refractivity contribution >= 4 is 33.8 Å². The summed E-state index contributed by atoms with van der Waals surface area (Å²) >= 11 is 0. The molecule has 2 aromatic carbocycles. The van der Waals surface area contributed by atoms with E-state index in [-0.39, 0.29) is 18.4 Å². The molecular weight excluding hydrogens is 404 g/mol. The van der Waals surface area contributed by atoms with E-state index in [4.69, 9.17) is 0 Å². The van der Waals surface area contributed by atoms with E-state index in [0.717, 1.165) is 53.7 Å². The molecule has 164 valence electrons. The molecule has 0 atom stereocenters. The Morgan fingerprint density at radius 2 is 1.94 bits per heavy atom. The number of nitrogens with zero attached hydrogens (tertiary/aromatic N) is 4. The highest BCUT2D eigenvalue weighted by Gasteiger charge is 2.25. The molecule has 1 aliphatic rings. The number of nitrogens with one attached hydrogen (secondary N) is 2. The van der Waals surface area contributed by atoms with Gasteiger partial charge in [0.05, 0.1) is 16.6 Å². The highest BCUT2D eigenvalue weighted by Crippen LogP contribution is 2.21. The fraction of sp³-hybridized carbons (Fsp3) is 0.333. The number of aromatic amines is 1. The summed E-state index contributed by atoms with van der Waals surface area (Å²) < 4.78 is 1.62. The summed E-state index contributed by atoms with van der Waals surface area (Å²) in [6, 6.07) is 13.7. The first-order valence-corrected chi connectivity index (χ1v) is 11.1. The van der Waals surface area contributed by atoms with Gasteiger partial charge in [-0.3, -0.25) is 14.3 Å². The summed E-state index contributed by atoms with van der Waals surface area (Å²) in [5.74, 6) is 0.636. The van der Waals surface area contributed by atoms with E-state index < -0.39 is 0 Å².